The van der Waals surface area contributed by atoms with Crippen molar-refractivity contribution in [3.63, 3.8) is 0 Å². The predicted octanol–water partition coefficient (Wildman–Crippen LogP) is 0.922. The van der Waals surface area contributed by atoms with Gasteiger partial charge in [0.15, 0.2) is 0 Å². The average Bonchev–Trinajstić information content (AvgIpc) is 2.46. The summed E-state index contributed by atoms with van der Waals surface area (Å²) in [6.07, 6.45) is 0.808. The van der Waals surface area contributed by atoms with Crippen LogP contribution in [-0.2, 0) is 10.0 Å². The van der Waals surface area contributed by atoms with E-state index in [2.05, 4.69) is 0 Å². The number of rotatable bonds is 3. The molecule has 1 aromatic carbocycles. The van der Waals surface area contributed by atoms with Crippen molar-refractivity contribution in [2.75, 3.05) is 18.8 Å². The standard InChI is InChI=1S/C14H19N3O3S/c1-10(18)11-4-6-17(7-5-11)21(19,20)14-3-2-13(16)8-12(14)9-15/h2-3,8,10-11,18H,4-7,16H2,1H3. The fraction of sp³-hybridized carbons (Fsp3) is 0.500. The number of nitriles is 1. The molecule has 0 radical (unpaired) electrons. The van der Waals surface area contributed by atoms with Crippen LogP contribution in [0.5, 0.6) is 0 Å². The average molecular weight is 309 g/mol. The molecule has 0 saturated carbocycles. The fourth-order valence-electron chi connectivity index (χ4n) is 2.60. The molecule has 0 aliphatic carbocycles. The fourth-order valence-corrected chi connectivity index (χ4v) is 4.19. The van der Waals surface area contributed by atoms with Crippen molar-refractivity contribution < 1.29 is 13.5 Å². The first kappa shape index (κ1) is 15.8. The summed E-state index contributed by atoms with van der Waals surface area (Å²) in [5.74, 6) is 0.123. The van der Waals surface area contributed by atoms with E-state index in [0.29, 0.717) is 31.6 Å². The largest absolute Gasteiger partial charge is 0.399 e. The van der Waals surface area contributed by atoms with Crippen LogP contribution in [0.25, 0.3) is 0 Å². The van der Waals surface area contributed by atoms with Crippen molar-refractivity contribution in [3.8, 4) is 6.07 Å². The lowest BCUT2D eigenvalue weighted by atomic mass is 9.93. The summed E-state index contributed by atoms with van der Waals surface area (Å²) in [5.41, 5.74) is 6.01. The van der Waals surface area contributed by atoms with Gasteiger partial charge in [-0.15, -0.1) is 0 Å². The van der Waals surface area contributed by atoms with E-state index in [1.807, 2.05) is 6.07 Å². The van der Waals surface area contributed by atoms with E-state index in [1.54, 1.807) is 6.92 Å². The van der Waals surface area contributed by atoms with Gasteiger partial charge in [0.25, 0.3) is 0 Å². The maximum Gasteiger partial charge on any atom is 0.244 e. The monoisotopic (exact) mass is 309 g/mol. The summed E-state index contributed by atoms with van der Waals surface area (Å²) >= 11 is 0. The van der Waals surface area contributed by atoms with Gasteiger partial charge in [0, 0.05) is 18.8 Å². The van der Waals surface area contributed by atoms with E-state index in [-0.39, 0.29) is 16.4 Å². The van der Waals surface area contributed by atoms with E-state index in [1.165, 1.54) is 22.5 Å². The number of hydrogen-bond acceptors (Lipinski definition) is 5. The Morgan fingerprint density at radius 2 is 2.05 bits per heavy atom. The number of hydrogen-bond donors (Lipinski definition) is 2. The van der Waals surface area contributed by atoms with Gasteiger partial charge >= 0.3 is 0 Å². The first-order valence-electron chi connectivity index (χ1n) is 6.84. The molecule has 1 heterocycles. The smallest absolute Gasteiger partial charge is 0.244 e. The molecule has 1 aliphatic rings. The SMILES string of the molecule is CC(O)C1CCN(S(=O)(=O)c2ccc(N)cc2C#N)CC1. The number of piperidine rings is 1. The molecule has 21 heavy (non-hydrogen) atoms. The Morgan fingerprint density at radius 3 is 2.57 bits per heavy atom. The van der Waals surface area contributed by atoms with Gasteiger partial charge in [-0.25, -0.2) is 8.42 Å². The van der Waals surface area contributed by atoms with Crippen LogP contribution in [0.2, 0.25) is 0 Å². The number of benzene rings is 1. The molecule has 0 aromatic heterocycles. The molecule has 0 spiro atoms. The topological polar surface area (TPSA) is 107 Å². The summed E-state index contributed by atoms with van der Waals surface area (Å²) < 4.78 is 26.6. The van der Waals surface area contributed by atoms with Gasteiger partial charge < -0.3 is 10.8 Å². The van der Waals surface area contributed by atoms with Gasteiger partial charge in [-0.1, -0.05) is 0 Å². The molecule has 0 amide bonds. The zero-order chi connectivity index (χ0) is 15.6. The van der Waals surface area contributed by atoms with Crippen LogP contribution >= 0.6 is 0 Å². The summed E-state index contributed by atoms with van der Waals surface area (Å²) in [6, 6.07) is 6.11. The number of nitrogen functional groups attached to an aromatic ring is 1. The van der Waals surface area contributed by atoms with Gasteiger partial charge in [0.05, 0.1) is 11.7 Å². The molecule has 6 nitrogen and oxygen atoms in total. The number of nitrogens with zero attached hydrogens (tertiary/aromatic N) is 2. The quantitative estimate of drug-likeness (QED) is 0.807. The van der Waals surface area contributed by atoms with E-state index in [9.17, 15) is 13.5 Å². The molecule has 1 unspecified atom stereocenters. The van der Waals surface area contributed by atoms with Crippen LogP contribution in [0.3, 0.4) is 0 Å². The number of sulfonamides is 1. The van der Waals surface area contributed by atoms with Crippen molar-refractivity contribution in [3.05, 3.63) is 23.8 Å². The van der Waals surface area contributed by atoms with Crippen LogP contribution in [0, 0.1) is 17.2 Å². The highest BCUT2D eigenvalue weighted by Crippen LogP contribution is 2.27. The van der Waals surface area contributed by atoms with Crippen LogP contribution < -0.4 is 5.73 Å². The van der Waals surface area contributed by atoms with Crippen LogP contribution in [0.1, 0.15) is 25.3 Å². The van der Waals surface area contributed by atoms with Gasteiger partial charge in [-0.2, -0.15) is 9.57 Å². The molecule has 1 atom stereocenters. The van der Waals surface area contributed by atoms with E-state index in [4.69, 9.17) is 11.0 Å². The summed E-state index contributed by atoms with van der Waals surface area (Å²) in [7, 11) is -3.70. The lowest BCUT2D eigenvalue weighted by molar-refractivity contribution is 0.0912. The second-order valence-corrected chi connectivity index (χ2v) is 7.26. The Kier molecular flexibility index (Phi) is 4.52. The third-order valence-electron chi connectivity index (χ3n) is 3.92. The first-order chi connectivity index (χ1) is 9.86. The van der Waals surface area contributed by atoms with Gasteiger partial charge in [-0.3, -0.25) is 0 Å². The summed E-state index contributed by atoms with van der Waals surface area (Å²) in [6.45, 7) is 2.43. The second-order valence-electron chi connectivity index (χ2n) is 5.35. The Bertz CT molecular complexity index is 657. The third-order valence-corrected chi connectivity index (χ3v) is 5.88. The summed E-state index contributed by atoms with van der Waals surface area (Å²) in [5, 5.41) is 18.7. The summed E-state index contributed by atoms with van der Waals surface area (Å²) in [4.78, 5) is -0.00491. The Hall–Kier alpha value is -1.62. The lowest BCUT2D eigenvalue weighted by Crippen LogP contribution is -2.40. The normalized spacial score (nSPS) is 19.1. The Balaban J connectivity index is 2.26. The van der Waals surface area contributed by atoms with E-state index in [0.717, 1.165) is 0 Å². The molecule has 1 aliphatic heterocycles. The zero-order valence-electron chi connectivity index (χ0n) is 11.9. The minimum atomic E-state index is -3.70. The molecule has 1 aromatic rings. The maximum atomic E-state index is 12.6. The van der Waals surface area contributed by atoms with Crippen molar-refractivity contribution in [2.24, 2.45) is 5.92 Å². The molecule has 114 valence electrons. The number of anilines is 1. The minimum absolute atomic E-state index is 0.00491. The zero-order valence-corrected chi connectivity index (χ0v) is 12.7. The molecule has 0 bridgehead atoms. The van der Waals surface area contributed by atoms with Crippen molar-refractivity contribution in [1.82, 2.24) is 4.31 Å². The predicted molar refractivity (Wildman–Crippen MR) is 78.7 cm³/mol. The maximum absolute atomic E-state index is 12.6. The molecule has 1 fully saturated rings. The third kappa shape index (κ3) is 3.18. The second kappa shape index (κ2) is 6.02. The molecule has 2 rings (SSSR count). The van der Waals surface area contributed by atoms with Crippen molar-refractivity contribution in [1.29, 1.82) is 5.26 Å². The highest BCUT2D eigenvalue weighted by atomic mass is 32.2. The number of nitrogens with two attached hydrogens (primary N) is 1. The first-order valence-corrected chi connectivity index (χ1v) is 8.28. The van der Waals surface area contributed by atoms with Crippen LogP contribution in [0.15, 0.2) is 23.1 Å². The van der Waals surface area contributed by atoms with Gasteiger partial charge in [0.2, 0.25) is 10.0 Å². The number of aliphatic hydroxyl groups excluding tert-OH is 1. The highest BCUT2D eigenvalue weighted by molar-refractivity contribution is 7.89. The van der Waals surface area contributed by atoms with Gasteiger partial charge in [-0.05, 0) is 43.9 Å². The van der Waals surface area contributed by atoms with Gasteiger partial charge in [0.1, 0.15) is 11.0 Å². The lowest BCUT2D eigenvalue weighted by Gasteiger charge is -2.32. The highest BCUT2D eigenvalue weighted by Gasteiger charge is 2.32. The Morgan fingerprint density at radius 1 is 1.43 bits per heavy atom. The van der Waals surface area contributed by atoms with E-state index >= 15 is 0 Å². The Labute approximate surface area is 124 Å². The van der Waals surface area contributed by atoms with Crippen molar-refractivity contribution >= 4 is 15.7 Å². The molecule has 1 saturated heterocycles. The molecular weight excluding hydrogens is 290 g/mol. The molecular formula is C14H19N3O3S. The van der Waals surface area contributed by atoms with Crippen LogP contribution in [0.4, 0.5) is 5.69 Å². The number of aliphatic hydroxyl groups is 1. The van der Waals surface area contributed by atoms with Crippen LogP contribution in [-0.4, -0.2) is 37.0 Å². The molecule has 3 N–H and O–H groups in total. The van der Waals surface area contributed by atoms with E-state index < -0.39 is 16.1 Å². The van der Waals surface area contributed by atoms with Crippen molar-refractivity contribution in [2.45, 2.75) is 30.8 Å². The molecule has 7 heteroatoms. The minimum Gasteiger partial charge on any atom is -0.399 e.